The van der Waals surface area contributed by atoms with Crippen LogP contribution in [-0.4, -0.2) is 60.1 Å². The molecule has 0 atom stereocenters. The molecule has 2 aliphatic rings. The maximum atomic E-state index is 4.81. The molecule has 5 heteroatoms. The lowest BCUT2D eigenvalue weighted by Gasteiger charge is -2.43. The first-order chi connectivity index (χ1) is 9.52. The number of nitrogens with zero attached hydrogens (tertiary/aromatic N) is 3. The summed E-state index contributed by atoms with van der Waals surface area (Å²) in [4.78, 5) is 9.99. The number of hydrogen-bond donors (Lipinski definition) is 1. The highest BCUT2D eigenvalue weighted by atomic mass is 32.1. The third-order valence-corrected chi connectivity index (χ3v) is 5.58. The summed E-state index contributed by atoms with van der Waals surface area (Å²) in [5.41, 5.74) is 1.43. The summed E-state index contributed by atoms with van der Waals surface area (Å²) in [7, 11) is 0. The lowest BCUT2D eigenvalue weighted by Crippen LogP contribution is -2.61. The van der Waals surface area contributed by atoms with E-state index < -0.39 is 0 Å². The maximum Gasteiger partial charge on any atom is 0.0982 e. The highest BCUT2D eigenvalue weighted by Crippen LogP contribution is 2.26. The molecule has 1 aromatic rings. The quantitative estimate of drug-likeness (QED) is 0.916. The van der Waals surface area contributed by atoms with Gasteiger partial charge in [0.1, 0.15) is 0 Å². The molecular weight excluding hydrogens is 268 g/mol. The number of piperazine rings is 1. The van der Waals surface area contributed by atoms with E-state index in [4.69, 9.17) is 4.98 Å². The molecule has 0 unspecified atom stereocenters. The van der Waals surface area contributed by atoms with Gasteiger partial charge in [-0.25, -0.2) is 4.98 Å². The minimum atomic E-state index is 0.179. The average Bonchev–Trinajstić information content (AvgIpc) is 2.78. The summed E-state index contributed by atoms with van der Waals surface area (Å²) in [6.45, 7) is 14.9. The van der Waals surface area contributed by atoms with Crippen LogP contribution in [0.5, 0.6) is 0 Å². The van der Waals surface area contributed by atoms with Crippen molar-refractivity contribution in [2.75, 3.05) is 39.3 Å². The van der Waals surface area contributed by atoms with Crippen LogP contribution in [0.1, 0.15) is 31.5 Å². The van der Waals surface area contributed by atoms with Gasteiger partial charge in [0.05, 0.1) is 10.7 Å². The summed E-state index contributed by atoms with van der Waals surface area (Å²) in [6.07, 6.45) is 0. The standard InChI is InChI=1S/C15H26N4S/c1-15(2,3)14-17-12(11-20-14)10-18-4-6-19(7-5-18)13-8-16-9-13/h11,13,16H,4-10H2,1-3H3. The summed E-state index contributed by atoms with van der Waals surface area (Å²) < 4.78 is 0. The zero-order valence-corrected chi connectivity index (χ0v) is 13.7. The van der Waals surface area contributed by atoms with Gasteiger partial charge in [0.2, 0.25) is 0 Å². The second-order valence-electron chi connectivity index (χ2n) is 7.02. The molecule has 2 fully saturated rings. The molecule has 0 spiro atoms. The van der Waals surface area contributed by atoms with E-state index in [1.807, 2.05) is 0 Å². The Balaban J connectivity index is 1.50. The van der Waals surface area contributed by atoms with E-state index in [0.717, 1.165) is 12.6 Å². The maximum absolute atomic E-state index is 4.81. The van der Waals surface area contributed by atoms with Crippen molar-refractivity contribution in [1.29, 1.82) is 0 Å². The Bertz CT molecular complexity index is 439. The van der Waals surface area contributed by atoms with Crippen molar-refractivity contribution in [3.63, 3.8) is 0 Å². The fraction of sp³-hybridized carbons (Fsp3) is 0.800. The third-order valence-electron chi connectivity index (χ3n) is 4.26. The normalized spacial score (nSPS) is 22.9. The van der Waals surface area contributed by atoms with Gasteiger partial charge >= 0.3 is 0 Å². The number of thiazole rings is 1. The van der Waals surface area contributed by atoms with Gasteiger partial charge in [-0.2, -0.15) is 0 Å². The minimum absolute atomic E-state index is 0.179. The highest BCUT2D eigenvalue weighted by molar-refractivity contribution is 7.09. The Hall–Kier alpha value is -0.490. The predicted octanol–water partition coefficient (Wildman–Crippen LogP) is 1.53. The molecule has 1 aromatic heterocycles. The second-order valence-corrected chi connectivity index (χ2v) is 7.88. The van der Waals surface area contributed by atoms with E-state index in [2.05, 4.69) is 41.3 Å². The van der Waals surface area contributed by atoms with Crippen LogP contribution in [-0.2, 0) is 12.0 Å². The van der Waals surface area contributed by atoms with Gasteiger partial charge < -0.3 is 5.32 Å². The average molecular weight is 294 g/mol. The molecule has 3 heterocycles. The highest BCUT2D eigenvalue weighted by Gasteiger charge is 2.28. The first-order valence-electron chi connectivity index (χ1n) is 7.64. The lowest BCUT2D eigenvalue weighted by molar-refractivity contribution is 0.0690. The second kappa shape index (κ2) is 5.72. The van der Waals surface area contributed by atoms with E-state index >= 15 is 0 Å². The first-order valence-corrected chi connectivity index (χ1v) is 8.52. The molecular formula is C15H26N4S. The summed E-state index contributed by atoms with van der Waals surface area (Å²) in [6, 6.07) is 0.795. The minimum Gasteiger partial charge on any atom is -0.314 e. The van der Waals surface area contributed by atoms with Gasteiger partial charge in [0.15, 0.2) is 0 Å². The zero-order chi connectivity index (χ0) is 14.2. The smallest absolute Gasteiger partial charge is 0.0982 e. The molecule has 4 nitrogen and oxygen atoms in total. The molecule has 1 N–H and O–H groups in total. The Morgan fingerprint density at radius 2 is 1.95 bits per heavy atom. The van der Waals surface area contributed by atoms with Gasteiger partial charge in [0, 0.05) is 62.7 Å². The van der Waals surface area contributed by atoms with Gasteiger partial charge in [-0.05, 0) is 0 Å². The SMILES string of the molecule is CC(C)(C)c1nc(CN2CCN(C3CNC3)CC2)cs1. The Kier molecular flexibility index (Phi) is 4.13. The van der Waals surface area contributed by atoms with Gasteiger partial charge in [-0.3, -0.25) is 9.80 Å². The van der Waals surface area contributed by atoms with Crippen LogP contribution in [0.25, 0.3) is 0 Å². The topological polar surface area (TPSA) is 31.4 Å². The Labute approximate surface area is 126 Å². The number of aromatic nitrogens is 1. The molecule has 2 aliphatic heterocycles. The molecule has 2 saturated heterocycles. The van der Waals surface area contributed by atoms with Crippen LogP contribution in [0.3, 0.4) is 0 Å². The van der Waals surface area contributed by atoms with Crippen LogP contribution < -0.4 is 5.32 Å². The van der Waals surface area contributed by atoms with E-state index in [-0.39, 0.29) is 5.41 Å². The van der Waals surface area contributed by atoms with Gasteiger partial charge in [-0.1, -0.05) is 20.8 Å². The largest absolute Gasteiger partial charge is 0.314 e. The van der Waals surface area contributed by atoms with Crippen molar-refractivity contribution in [3.8, 4) is 0 Å². The molecule has 20 heavy (non-hydrogen) atoms. The van der Waals surface area contributed by atoms with Crippen molar-refractivity contribution in [3.05, 3.63) is 16.1 Å². The van der Waals surface area contributed by atoms with Gasteiger partial charge in [0.25, 0.3) is 0 Å². The van der Waals surface area contributed by atoms with E-state index in [0.29, 0.717) is 0 Å². The summed E-state index contributed by atoms with van der Waals surface area (Å²) >= 11 is 1.81. The van der Waals surface area contributed by atoms with Crippen LogP contribution in [0.2, 0.25) is 0 Å². The molecule has 0 saturated carbocycles. The lowest BCUT2D eigenvalue weighted by atomic mass is 9.98. The fourth-order valence-electron chi connectivity index (χ4n) is 2.77. The van der Waals surface area contributed by atoms with Crippen LogP contribution in [0.4, 0.5) is 0 Å². The van der Waals surface area contributed by atoms with Crippen LogP contribution >= 0.6 is 11.3 Å². The van der Waals surface area contributed by atoms with Crippen LogP contribution in [0, 0.1) is 0 Å². The summed E-state index contributed by atoms with van der Waals surface area (Å²) in [5, 5.41) is 6.86. The van der Waals surface area contributed by atoms with Gasteiger partial charge in [-0.15, -0.1) is 11.3 Å². The number of rotatable bonds is 3. The first kappa shape index (κ1) is 14.4. The van der Waals surface area contributed by atoms with Crippen molar-refractivity contribution in [2.24, 2.45) is 0 Å². The van der Waals surface area contributed by atoms with Crippen LogP contribution in [0.15, 0.2) is 5.38 Å². The molecule has 0 radical (unpaired) electrons. The predicted molar refractivity (Wildman–Crippen MR) is 84.3 cm³/mol. The Morgan fingerprint density at radius 1 is 1.25 bits per heavy atom. The van der Waals surface area contributed by atoms with Crippen molar-refractivity contribution in [1.82, 2.24) is 20.1 Å². The van der Waals surface area contributed by atoms with E-state index in [1.165, 1.54) is 50.0 Å². The van der Waals surface area contributed by atoms with E-state index in [9.17, 15) is 0 Å². The van der Waals surface area contributed by atoms with Crippen molar-refractivity contribution < 1.29 is 0 Å². The zero-order valence-electron chi connectivity index (χ0n) is 12.9. The third kappa shape index (κ3) is 3.22. The molecule has 112 valence electrons. The summed E-state index contributed by atoms with van der Waals surface area (Å²) in [5.74, 6) is 0. The molecule has 0 aromatic carbocycles. The molecule has 0 bridgehead atoms. The number of hydrogen-bond acceptors (Lipinski definition) is 5. The molecule has 3 rings (SSSR count). The van der Waals surface area contributed by atoms with E-state index in [1.54, 1.807) is 11.3 Å². The van der Waals surface area contributed by atoms with Crippen molar-refractivity contribution >= 4 is 11.3 Å². The molecule has 0 aliphatic carbocycles. The molecule has 0 amide bonds. The van der Waals surface area contributed by atoms with Crippen molar-refractivity contribution in [2.45, 2.75) is 38.8 Å². The Morgan fingerprint density at radius 3 is 2.45 bits per heavy atom. The fourth-order valence-corrected chi connectivity index (χ4v) is 3.67. The monoisotopic (exact) mass is 294 g/mol. The number of nitrogens with one attached hydrogen (secondary N) is 1.